The molecule has 28 heavy (non-hydrogen) atoms. The van der Waals surface area contributed by atoms with Crippen molar-refractivity contribution >= 4 is 35.0 Å². The number of amides is 2. The fourth-order valence-electron chi connectivity index (χ4n) is 2.38. The molecule has 8 heteroatoms. The van der Waals surface area contributed by atoms with Gasteiger partial charge in [0.25, 0.3) is 5.91 Å². The van der Waals surface area contributed by atoms with Crippen LogP contribution in [-0.4, -0.2) is 35.7 Å². The zero-order valence-electron chi connectivity index (χ0n) is 16.1. The van der Waals surface area contributed by atoms with Gasteiger partial charge in [0.05, 0.1) is 22.5 Å². The second-order valence-corrected chi connectivity index (χ2v) is 6.94. The molecule has 0 fully saturated rings. The van der Waals surface area contributed by atoms with E-state index in [9.17, 15) is 19.5 Å². The second-order valence-electron chi connectivity index (χ2n) is 6.94. The lowest BCUT2D eigenvalue weighted by molar-refractivity contribution is 0.0634. The van der Waals surface area contributed by atoms with Crippen LogP contribution in [0, 0.1) is 0 Å². The molecule has 0 aliphatic rings. The van der Waals surface area contributed by atoms with Gasteiger partial charge in [-0.05, 0) is 51.1 Å². The third-order valence-corrected chi connectivity index (χ3v) is 3.59. The van der Waals surface area contributed by atoms with Crippen LogP contribution < -0.4 is 16.0 Å². The van der Waals surface area contributed by atoms with Crippen LogP contribution in [0.15, 0.2) is 42.5 Å². The lowest BCUT2D eigenvalue weighted by atomic mass is 10.1. The first-order chi connectivity index (χ1) is 13.1. The van der Waals surface area contributed by atoms with Crippen molar-refractivity contribution in [3.8, 4) is 0 Å². The number of carboxylic acid groups (broad SMARTS) is 1. The minimum atomic E-state index is -1.21. The molecule has 4 N–H and O–H groups in total. The summed E-state index contributed by atoms with van der Waals surface area (Å²) in [5, 5.41) is 17.5. The quantitative estimate of drug-likeness (QED) is 0.617. The van der Waals surface area contributed by atoms with Crippen molar-refractivity contribution in [1.82, 2.24) is 0 Å². The molecular formula is C20H23N3O5. The molecule has 2 aromatic carbocycles. The van der Waals surface area contributed by atoms with Crippen LogP contribution in [0.25, 0.3) is 0 Å². The summed E-state index contributed by atoms with van der Waals surface area (Å²) in [5.41, 5.74) is 0.519. The Kier molecular flexibility index (Phi) is 6.25. The van der Waals surface area contributed by atoms with E-state index in [2.05, 4.69) is 16.0 Å². The minimum absolute atomic E-state index is 0.0101. The molecule has 0 spiro atoms. The maximum Gasteiger partial charge on any atom is 0.412 e. The first-order valence-electron chi connectivity index (χ1n) is 8.56. The number of carboxylic acids is 1. The Hall–Kier alpha value is -3.55. The summed E-state index contributed by atoms with van der Waals surface area (Å²) in [7, 11) is 1.72. The molecule has 0 aromatic heterocycles. The molecule has 148 valence electrons. The Morgan fingerprint density at radius 2 is 1.57 bits per heavy atom. The standard InChI is InChI=1S/C20H23N3O5/c1-20(2,3)28-19(27)23-16-11-12(21-4)9-10-15(16)22-17(24)13-7-5-6-8-14(13)18(25)26/h5-11,21H,1-4H3,(H,22,24)(H,23,27)(H,25,26). The zero-order chi connectivity index (χ0) is 20.9. The van der Waals surface area contributed by atoms with Crippen molar-refractivity contribution in [3.63, 3.8) is 0 Å². The van der Waals surface area contributed by atoms with Gasteiger partial charge in [-0.3, -0.25) is 10.1 Å². The molecule has 8 nitrogen and oxygen atoms in total. The van der Waals surface area contributed by atoms with Gasteiger partial charge >= 0.3 is 12.1 Å². The number of carbonyl (C=O) groups is 3. The molecule has 0 saturated heterocycles. The van der Waals surface area contributed by atoms with Crippen LogP contribution in [0.3, 0.4) is 0 Å². The summed E-state index contributed by atoms with van der Waals surface area (Å²) in [4.78, 5) is 36.1. The Morgan fingerprint density at radius 3 is 2.14 bits per heavy atom. The predicted octanol–water partition coefficient (Wildman–Crippen LogP) is 4.03. The molecule has 2 amide bonds. The molecule has 2 aromatic rings. The summed E-state index contributed by atoms with van der Waals surface area (Å²) in [6.07, 6.45) is -0.679. The van der Waals surface area contributed by atoms with Crippen molar-refractivity contribution in [3.05, 3.63) is 53.6 Å². The maximum atomic E-state index is 12.6. The van der Waals surface area contributed by atoms with E-state index >= 15 is 0 Å². The number of carbonyl (C=O) groups excluding carboxylic acids is 2. The van der Waals surface area contributed by atoms with Crippen LogP contribution in [0.2, 0.25) is 0 Å². The van der Waals surface area contributed by atoms with Crippen LogP contribution in [0.4, 0.5) is 21.9 Å². The summed E-state index contributed by atoms with van der Waals surface area (Å²) in [6.45, 7) is 5.21. The fourth-order valence-corrected chi connectivity index (χ4v) is 2.38. The highest BCUT2D eigenvalue weighted by Gasteiger charge is 2.20. The van der Waals surface area contributed by atoms with E-state index in [0.29, 0.717) is 17.1 Å². The molecule has 0 saturated carbocycles. The van der Waals surface area contributed by atoms with Crippen molar-refractivity contribution in [2.75, 3.05) is 23.0 Å². The maximum absolute atomic E-state index is 12.6. The van der Waals surface area contributed by atoms with Gasteiger partial charge in [-0.25, -0.2) is 9.59 Å². The first-order valence-corrected chi connectivity index (χ1v) is 8.56. The molecule has 0 radical (unpaired) electrons. The van der Waals surface area contributed by atoms with E-state index in [1.54, 1.807) is 52.1 Å². The van der Waals surface area contributed by atoms with Crippen molar-refractivity contribution in [2.45, 2.75) is 26.4 Å². The highest BCUT2D eigenvalue weighted by atomic mass is 16.6. The normalized spacial score (nSPS) is 10.7. The number of ether oxygens (including phenoxy) is 1. The van der Waals surface area contributed by atoms with Gasteiger partial charge in [0, 0.05) is 12.7 Å². The summed E-state index contributed by atoms with van der Waals surface area (Å²) in [5.74, 6) is -1.81. The first kappa shape index (κ1) is 20.8. The lowest BCUT2D eigenvalue weighted by Crippen LogP contribution is -2.27. The van der Waals surface area contributed by atoms with Gasteiger partial charge in [-0.15, -0.1) is 0 Å². The average molecular weight is 385 g/mol. The molecule has 0 unspecified atom stereocenters. The van der Waals surface area contributed by atoms with Gasteiger partial charge in [-0.2, -0.15) is 0 Å². The smallest absolute Gasteiger partial charge is 0.412 e. The van der Waals surface area contributed by atoms with Crippen molar-refractivity contribution in [2.24, 2.45) is 0 Å². The van der Waals surface area contributed by atoms with Crippen molar-refractivity contribution < 1.29 is 24.2 Å². The fraction of sp³-hybridized carbons (Fsp3) is 0.250. The summed E-state index contributed by atoms with van der Waals surface area (Å²) < 4.78 is 5.25. The zero-order valence-corrected chi connectivity index (χ0v) is 16.1. The largest absolute Gasteiger partial charge is 0.478 e. The Bertz CT molecular complexity index is 903. The molecule has 0 aliphatic heterocycles. The highest BCUT2D eigenvalue weighted by molar-refractivity contribution is 6.12. The van der Waals surface area contributed by atoms with Gasteiger partial charge < -0.3 is 20.5 Å². The van der Waals surface area contributed by atoms with Crippen LogP contribution >= 0.6 is 0 Å². The van der Waals surface area contributed by atoms with E-state index in [0.717, 1.165) is 0 Å². The number of aromatic carboxylic acids is 1. The molecule has 0 atom stereocenters. The number of anilines is 3. The number of hydrogen-bond donors (Lipinski definition) is 4. The second kappa shape index (κ2) is 8.43. The SMILES string of the molecule is CNc1ccc(NC(=O)c2ccccc2C(=O)O)c(NC(=O)OC(C)(C)C)c1. The van der Waals surface area contributed by atoms with Gasteiger partial charge in [0.2, 0.25) is 0 Å². The molecule has 0 aliphatic carbocycles. The number of nitrogens with one attached hydrogen (secondary N) is 3. The molecular weight excluding hydrogens is 362 g/mol. The van der Waals surface area contributed by atoms with Crippen LogP contribution in [0.5, 0.6) is 0 Å². The predicted molar refractivity (Wildman–Crippen MR) is 107 cm³/mol. The third kappa shape index (κ3) is 5.47. The van der Waals surface area contributed by atoms with E-state index in [-0.39, 0.29) is 11.1 Å². The Balaban J connectivity index is 2.31. The molecule has 2 rings (SSSR count). The van der Waals surface area contributed by atoms with E-state index < -0.39 is 23.6 Å². The minimum Gasteiger partial charge on any atom is -0.478 e. The number of rotatable bonds is 5. The van der Waals surface area contributed by atoms with E-state index in [1.165, 1.54) is 18.2 Å². The Labute approximate surface area is 162 Å². The molecule has 0 heterocycles. The van der Waals surface area contributed by atoms with Crippen LogP contribution in [-0.2, 0) is 4.74 Å². The topological polar surface area (TPSA) is 117 Å². The lowest BCUT2D eigenvalue weighted by Gasteiger charge is -2.21. The average Bonchev–Trinajstić information content (AvgIpc) is 2.61. The van der Waals surface area contributed by atoms with Gasteiger partial charge in [0.15, 0.2) is 0 Å². The summed E-state index contributed by atoms with van der Waals surface area (Å²) in [6, 6.07) is 10.8. The number of hydrogen-bond acceptors (Lipinski definition) is 5. The van der Waals surface area contributed by atoms with Gasteiger partial charge in [-0.1, -0.05) is 12.1 Å². The number of benzene rings is 2. The summed E-state index contributed by atoms with van der Waals surface area (Å²) >= 11 is 0. The van der Waals surface area contributed by atoms with Crippen LogP contribution in [0.1, 0.15) is 41.5 Å². The molecule has 0 bridgehead atoms. The Morgan fingerprint density at radius 1 is 0.929 bits per heavy atom. The third-order valence-electron chi connectivity index (χ3n) is 3.59. The highest BCUT2D eigenvalue weighted by Crippen LogP contribution is 2.27. The van der Waals surface area contributed by atoms with Crippen molar-refractivity contribution in [1.29, 1.82) is 0 Å². The monoisotopic (exact) mass is 385 g/mol. The van der Waals surface area contributed by atoms with Gasteiger partial charge in [0.1, 0.15) is 5.60 Å². The van der Waals surface area contributed by atoms with E-state index in [1.807, 2.05) is 0 Å². The van der Waals surface area contributed by atoms with E-state index in [4.69, 9.17) is 4.74 Å².